The van der Waals surface area contributed by atoms with Crippen LogP contribution in [0.2, 0.25) is 0 Å². The van der Waals surface area contributed by atoms with E-state index in [-0.39, 0.29) is 0 Å². The van der Waals surface area contributed by atoms with Gasteiger partial charge in [0.2, 0.25) is 0 Å². The molecular formula is C9H13NO2S3. The van der Waals surface area contributed by atoms with E-state index in [1.165, 1.54) is 11.3 Å². The van der Waals surface area contributed by atoms with E-state index in [1.54, 1.807) is 22.1 Å². The van der Waals surface area contributed by atoms with Crippen molar-refractivity contribution in [2.75, 3.05) is 18.2 Å². The smallest absolute Gasteiger partial charge is 0.206 e. The van der Waals surface area contributed by atoms with Gasteiger partial charge in [0.05, 0.1) is 5.88 Å². The highest BCUT2D eigenvalue weighted by Gasteiger charge is 2.28. The second-order valence-electron chi connectivity index (χ2n) is 3.29. The van der Waals surface area contributed by atoms with Crippen LogP contribution in [-0.4, -0.2) is 30.9 Å². The van der Waals surface area contributed by atoms with Gasteiger partial charge in [-0.15, -0.1) is 23.1 Å². The van der Waals surface area contributed by atoms with Crippen LogP contribution in [0.15, 0.2) is 16.3 Å². The molecule has 0 unspecified atom stereocenters. The maximum Gasteiger partial charge on any atom is 0.253 e. The van der Waals surface area contributed by atoms with Crippen molar-refractivity contribution in [2.24, 2.45) is 0 Å². The lowest BCUT2D eigenvalue weighted by atomic mass is 10.4. The van der Waals surface area contributed by atoms with Gasteiger partial charge in [-0.25, -0.2) is 8.42 Å². The molecule has 1 fully saturated rings. The summed E-state index contributed by atoms with van der Waals surface area (Å²) in [6.45, 7) is 2.68. The molecule has 6 heteroatoms. The molecule has 1 aromatic rings. The van der Waals surface area contributed by atoms with Gasteiger partial charge in [-0.3, -0.25) is 0 Å². The molecule has 0 aliphatic carbocycles. The second kappa shape index (κ2) is 4.45. The summed E-state index contributed by atoms with van der Waals surface area (Å²) in [6, 6.07) is 3.63. The first kappa shape index (κ1) is 11.4. The van der Waals surface area contributed by atoms with Gasteiger partial charge in [0.1, 0.15) is 4.21 Å². The Hall–Kier alpha value is -0.0400. The number of nitrogens with zero attached hydrogens (tertiary/aromatic N) is 1. The molecule has 2 rings (SSSR count). The topological polar surface area (TPSA) is 37.4 Å². The standard InChI is InChI=1S/C9H13NO2S3/c1-2-8-3-4-9(14-8)15(11,12)10-5-6-13-7-10/h3-4H,2,5-7H2,1H3. The van der Waals surface area contributed by atoms with E-state index in [2.05, 4.69) is 0 Å². The predicted octanol–water partition coefficient (Wildman–Crippen LogP) is 2.01. The van der Waals surface area contributed by atoms with Crippen molar-refractivity contribution in [1.82, 2.24) is 4.31 Å². The van der Waals surface area contributed by atoms with E-state index in [0.29, 0.717) is 16.6 Å². The normalized spacial score (nSPS) is 18.5. The van der Waals surface area contributed by atoms with Crippen molar-refractivity contribution in [1.29, 1.82) is 0 Å². The summed E-state index contributed by atoms with van der Waals surface area (Å²) in [5.41, 5.74) is 0. The minimum Gasteiger partial charge on any atom is -0.206 e. The van der Waals surface area contributed by atoms with Gasteiger partial charge in [0.25, 0.3) is 10.0 Å². The summed E-state index contributed by atoms with van der Waals surface area (Å²) < 4.78 is 26.2. The van der Waals surface area contributed by atoms with Gasteiger partial charge >= 0.3 is 0 Å². The fraction of sp³-hybridized carbons (Fsp3) is 0.556. The Morgan fingerprint density at radius 1 is 1.47 bits per heavy atom. The average Bonchev–Trinajstić information content (AvgIpc) is 2.89. The highest BCUT2D eigenvalue weighted by Crippen LogP contribution is 2.28. The largest absolute Gasteiger partial charge is 0.253 e. The van der Waals surface area contributed by atoms with E-state index in [9.17, 15) is 8.42 Å². The molecule has 1 aromatic heterocycles. The molecule has 0 amide bonds. The van der Waals surface area contributed by atoms with Crippen molar-refractivity contribution in [3.05, 3.63) is 17.0 Å². The van der Waals surface area contributed by atoms with Gasteiger partial charge in [-0.05, 0) is 18.6 Å². The number of thiophene rings is 1. The number of aryl methyl sites for hydroxylation is 1. The van der Waals surface area contributed by atoms with Crippen molar-refractivity contribution in [3.63, 3.8) is 0 Å². The molecule has 0 radical (unpaired) electrons. The third kappa shape index (κ3) is 2.22. The summed E-state index contributed by atoms with van der Waals surface area (Å²) in [6.07, 6.45) is 0.898. The Labute approximate surface area is 98.5 Å². The van der Waals surface area contributed by atoms with E-state index in [0.717, 1.165) is 17.1 Å². The molecule has 1 saturated heterocycles. The van der Waals surface area contributed by atoms with Crippen molar-refractivity contribution < 1.29 is 8.42 Å². The average molecular weight is 263 g/mol. The quantitative estimate of drug-likeness (QED) is 0.837. The minimum absolute atomic E-state index is 0.488. The molecule has 0 saturated carbocycles. The molecule has 1 aliphatic rings. The van der Waals surface area contributed by atoms with Crippen LogP contribution in [0.25, 0.3) is 0 Å². The molecule has 2 heterocycles. The summed E-state index contributed by atoms with van der Waals surface area (Å²) in [4.78, 5) is 1.13. The molecule has 1 aliphatic heterocycles. The third-order valence-corrected chi connectivity index (χ3v) is 6.97. The molecule has 0 aromatic carbocycles. The Morgan fingerprint density at radius 3 is 2.80 bits per heavy atom. The fourth-order valence-corrected chi connectivity index (χ4v) is 5.67. The summed E-state index contributed by atoms with van der Waals surface area (Å²) in [5, 5.41) is 0. The third-order valence-electron chi connectivity index (χ3n) is 2.30. The number of hydrogen-bond donors (Lipinski definition) is 0. The Kier molecular flexibility index (Phi) is 3.39. The molecule has 84 valence electrons. The van der Waals surface area contributed by atoms with Crippen LogP contribution >= 0.6 is 23.1 Å². The van der Waals surface area contributed by atoms with Crippen LogP contribution < -0.4 is 0 Å². The predicted molar refractivity (Wildman–Crippen MR) is 64.9 cm³/mol. The number of rotatable bonds is 3. The summed E-state index contributed by atoms with van der Waals surface area (Å²) in [5.74, 6) is 1.51. The number of sulfonamides is 1. The molecular weight excluding hydrogens is 250 g/mol. The van der Waals surface area contributed by atoms with Crippen molar-refractivity contribution in [3.8, 4) is 0 Å². The van der Waals surface area contributed by atoms with Crippen LogP contribution in [0.5, 0.6) is 0 Å². The Morgan fingerprint density at radius 2 is 2.27 bits per heavy atom. The molecule has 3 nitrogen and oxygen atoms in total. The first-order valence-corrected chi connectivity index (χ1v) is 8.22. The molecule has 0 N–H and O–H groups in total. The Balaban J connectivity index is 2.28. The number of thioether (sulfide) groups is 1. The van der Waals surface area contributed by atoms with Gasteiger partial charge in [0.15, 0.2) is 0 Å². The van der Waals surface area contributed by atoms with E-state index in [4.69, 9.17) is 0 Å². The maximum atomic E-state index is 12.1. The van der Waals surface area contributed by atoms with E-state index in [1.807, 2.05) is 13.0 Å². The lowest BCUT2D eigenvalue weighted by Gasteiger charge is -2.12. The highest BCUT2D eigenvalue weighted by atomic mass is 32.2. The molecule has 0 atom stereocenters. The van der Waals surface area contributed by atoms with Crippen molar-refractivity contribution >= 4 is 33.1 Å². The SMILES string of the molecule is CCc1ccc(S(=O)(=O)N2CCSC2)s1. The van der Waals surface area contributed by atoms with Gasteiger partial charge < -0.3 is 0 Å². The van der Waals surface area contributed by atoms with Crippen LogP contribution in [-0.2, 0) is 16.4 Å². The fourth-order valence-electron chi connectivity index (χ4n) is 1.40. The van der Waals surface area contributed by atoms with Crippen LogP contribution in [0.4, 0.5) is 0 Å². The second-order valence-corrected chi connectivity index (χ2v) is 7.70. The summed E-state index contributed by atoms with van der Waals surface area (Å²) in [7, 11) is -3.20. The van der Waals surface area contributed by atoms with Crippen LogP contribution in [0.1, 0.15) is 11.8 Å². The zero-order valence-corrected chi connectivity index (χ0v) is 10.9. The first-order chi connectivity index (χ1) is 7.14. The molecule has 15 heavy (non-hydrogen) atoms. The lowest BCUT2D eigenvalue weighted by molar-refractivity contribution is 0.491. The van der Waals surface area contributed by atoms with Crippen LogP contribution in [0.3, 0.4) is 0 Å². The molecule has 0 bridgehead atoms. The summed E-state index contributed by atoms with van der Waals surface area (Å²) >= 11 is 3.06. The zero-order chi connectivity index (χ0) is 10.9. The van der Waals surface area contributed by atoms with E-state index >= 15 is 0 Å². The van der Waals surface area contributed by atoms with Gasteiger partial charge in [-0.1, -0.05) is 6.92 Å². The highest BCUT2D eigenvalue weighted by molar-refractivity contribution is 8.00. The monoisotopic (exact) mass is 263 g/mol. The first-order valence-electron chi connectivity index (χ1n) is 4.81. The van der Waals surface area contributed by atoms with Crippen LogP contribution in [0, 0.1) is 0 Å². The maximum absolute atomic E-state index is 12.1. The number of hydrogen-bond acceptors (Lipinski definition) is 4. The van der Waals surface area contributed by atoms with Gasteiger partial charge in [0, 0.05) is 17.2 Å². The van der Waals surface area contributed by atoms with E-state index < -0.39 is 10.0 Å². The van der Waals surface area contributed by atoms with Crippen molar-refractivity contribution in [2.45, 2.75) is 17.6 Å². The minimum atomic E-state index is -3.20. The van der Waals surface area contributed by atoms with Gasteiger partial charge in [-0.2, -0.15) is 4.31 Å². The molecule has 0 spiro atoms. The lowest BCUT2D eigenvalue weighted by Crippen LogP contribution is -2.27. The Bertz CT molecular complexity index is 432. The zero-order valence-electron chi connectivity index (χ0n) is 8.47.